The Morgan fingerprint density at radius 2 is 2.00 bits per heavy atom. The van der Waals surface area contributed by atoms with Crippen LogP contribution < -0.4 is 15.4 Å². The molecular formula is C18H27N7O2S. The van der Waals surface area contributed by atoms with Crippen LogP contribution in [0.2, 0.25) is 0 Å². The van der Waals surface area contributed by atoms with Crippen LogP contribution in [0.15, 0.2) is 40.5 Å². The molecule has 0 aliphatic heterocycles. The van der Waals surface area contributed by atoms with Gasteiger partial charge in [-0.25, -0.2) is 13.1 Å². The molecule has 0 bridgehead atoms. The van der Waals surface area contributed by atoms with Crippen LogP contribution in [-0.4, -0.2) is 48.8 Å². The summed E-state index contributed by atoms with van der Waals surface area (Å²) in [6.45, 7) is 4.03. The van der Waals surface area contributed by atoms with E-state index in [1.54, 1.807) is 25.5 Å². The standard InChI is InChI=1S/C18H27N7O2S/c1-3-17-23-22-13-25(17)11-10-20-18(19-2)21-12-14-4-8-16(9-5-14)28(26,27)24-15-6-7-15/h4-5,8-9,13,15,24H,3,6-7,10-12H2,1-2H3,(H2,19,20,21). The van der Waals surface area contributed by atoms with Gasteiger partial charge in [0.15, 0.2) is 5.96 Å². The fraction of sp³-hybridized carbons (Fsp3) is 0.500. The Morgan fingerprint density at radius 1 is 1.25 bits per heavy atom. The molecule has 0 spiro atoms. The summed E-state index contributed by atoms with van der Waals surface area (Å²) in [5.41, 5.74) is 0.973. The van der Waals surface area contributed by atoms with Crippen molar-refractivity contribution in [3.05, 3.63) is 42.0 Å². The molecule has 1 aromatic heterocycles. The Balaban J connectivity index is 1.46. The summed E-state index contributed by atoms with van der Waals surface area (Å²) in [5.74, 6) is 1.63. The van der Waals surface area contributed by atoms with Crippen molar-refractivity contribution in [3.63, 3.8) is 0 Å². The number of guanidine groups is 1. The van der Waals surface area contributed by atoms with Gasteiger partial charge in [-0.2, -0.15) is 0 Å². The second kappa shape index (κ2) is 9.16. The molecule has 0 atom stereocenters. The quantitative estimate of drug-likeness (QED) is 0.417. The first kappa shape index (κ1) is 20.3. The second-order valence-corrected chi connectivity index (χ2v) is 8.40. The summed E-state index contributed by atoms with van der Waals surface area (Å²) in [7, 11) is -1.70. The van der Waals surface area contributed by atoms with Crippen LogP contribution in [-0.2, 0) is 29.5 Å². The lowest BCUT2D eigenvalue weighted by atomic mass is 10.2. The second-order valence-electron chi connectivity index (χ2n) is 6.69. The van der Waals surface area contributed by atoms with Crippen LogP contribution in [0.5, 0.6) is 0 Å². The molecule has 0 radical (unpaired) electrons. The van der Waals surface area contributed by atoms with Crippen LogP contribution in [0.4, 0.5) is 0 Å². The van der Waals surface area contributed by atoms with Crippen molar-refractivity contribution in [1.29, 1.82) is 0 Å². The Bertz CT molecular complexity index is 902. The number of hydrogen-bond acceptors (Lipinski definition) is 5. The minimum Gasteiger partial charge on any atom is -0.355 e. The lowest BCUT2D eigenvalue weighted by molar-refractivity contribution is 0.581. The third kappa shape index (κ3) is 5.52. The number of aliphatic imine (C=N–C) groups is 1. The highest BCUT2D eigenvalue weighted by Crippen LogP contribution is 2.22. The summed E-state index contributed by atoms with van der Waals surface area (Å²) in [5, 5.41) is 14.5. The Labute approximate surface area is 165 Å². The van der Waals surface area contributed by atoms with E-state index < -0.39 is 10.0 Å². The molecule has 1 heterocycles. The average Bonchev–Trinajstić information content (AvgIpc) is 3.38. The number of benzene rings is 1. The highest BCUT2D eigenvalue weighted by Gasteiger charge is 2.27. The van der Waals surface area contributed by atoms with Crippen LogP contribution in [0.1, 0.15) is 31.2 Å². The largest absolute Gasteiger partial charge is 0.355 e. The van der Waals surface area contributed by atoms with Crippen molar-refractivity contribution in [3.8, 4) is 0 Å². The van der Waals surface area contributed by atoms with E-state index in [2.05, 4.69) is 30.5 Å². The molecule has 1 saturated carbocycles. The summed E-state index contributed by atoms with van der Waals surface area (Å²) in [6.07, 6.45) is 4.41. The molecule has 10 heteroatoms. The van der Waals surface area contributed by atoms with Crippen LogP contribution in [0, 0.1) is 0 Å². The molecule has 1 aliphatic rings. The van der Waals surface area contributed by atoms with E-state index in [-0.39, 0.29) is 6.04 Å². The van der Waals surface area contributed by atoms with Gasteiger partial charge in [-0.15, -0.1) is 10.2 Å². The Morgan fingerprint density at radius 3 is 2.64 bits per heavy atom. The molecular weight excluding hydrogens is 378 g/mol. The highest BCUT2D eigenvalue weighted by molar-refractivity contribution is 7.89. The van der Waals surface area contributed by atoms with Gasteiger partial charge in [0.1, 0.15) is 12.2 Å². The molecule has 1 aliphatic carbocycles. The third-order valence-electron chi connectivity index (χ3n) is 4.47. The topological polar surface area (TPSA) is 113 Å². The first-order valence-corrected chi connectivity index (χ1v) is 10.9. The van der Waals surface area contributed by atoms with E-state index >= 15 is 0 Å². The minimum absolute atomic E-state index is 0.104. The smallest absolute Gasteiger partial charge is 0.240 e. The van der Waals surface area contributed by atoms with E-state index in [0.717, 1.165) is 37.2 Å². The van der Waals surface area contributed by atoms with E-state index in [1.807, 2.05) is 23.6 Å². The number of sulfonamides is 1. The molecule has 3 rings (SSSR count). The van der Waals surface area contributed by atoms with E-state index in [0.29, 0.717) is 23.9 Å². The predicted molar refractivity (Wildman–Crippen MR) is 107 cm³/mol. The molecule has 0 unspecified atom stereocenters. The van der Waals surface area contributed by atoms with E-state index in [9.17, 15) is 8.42 Å². The zero-order valence-corrected chi connectivity index (χ0v) is 17.0. The van der Waals surface area contributed by atoms with E-state index in [1.165, 1.54) is 0 Å². The third-order valence-corrected chi connectivity index (χ3v) is 6.01. The lowest BCUT2D eigenvalue weighted by Gasteiger charge is -2.13. The summed E-state index contributed by atoms with van der Waals surface area (Å²) >= 11 is 0. The zero-order chi connectivity index (χ0) is 20.0. The number of hydrogen-bond donors (Lipinski definition) is 3. The van der Waals surface area contributed by atoms with Crippen molar-refractivity contribution in [1.82, 2.24) is 30.1 Å². The van der Waals surface area contributed by atoms with E-state index in [4.69, 9.17) is 0 Å². The molecule has 1 aromatic carbocycles. The van der Waals surface area contributed by atoms with Crippen LogP contribution in [0.25, 0.3) is 0 Å². The molecule has 0 saturated heterocycles. The minimum atomic E-state index is -3.41. The number of aromatic nitrogens is 3. The van der Waals surface area contributed by atoms with Gasteiger partial charge in [-0.1, -0.05) is 19.1 Å². The monoisotopic (exact) mass is 405 g/mol. The highest BCUT2D eigenvalue weighted by atomic mass is 32.2. The van der Waals surface area contributed by atoms with Gasteiger partial charge in [0, 0.05) is 39.1 Å². The lowest BCUT2D eigenvalue weighted by Crippen LogP contribution is -2.38. The number of nitrogens with one attached hydrogen (secondary N) is 3. The van der Waals surface area contributed by atoms with Crippen molar-refractivity contribution in [2.45, 2.75) is 50.2 Å². The maximum atomic E-state index is 12.2. The van der Waals surface area contributed by atoms with Gasteiger partial charge in [0.05, 0.1) is 4.90 Å². The molecule has 152 valence electrons. The van der Waals surface area contributed by atoms with Gasteiger partial charge in [-0.05, 0) is 30.5 Å². The molecule has 2 aromatic rings. The molecule has 28 heavy (non-hydrogen) atoms. The Kier molecular flexibility index (Phi) is 6.63. The normalized spacial score (nSPS) is 14.9. The number of nitrogens with zero attached hydrogens (tertiary/aromatic N) is 4. The van der Waals surface area contributed by atoms with Crippen molar-refractivity contribution in [2.24, 2.45) is 4.99 Å². The predicted octanol–water partition coefficient (Wildman–Crippen LogP) is 0.646. The average molecular weight is 406 g/mol. The molecule has 9 nitrogen and oxygen atoms in total. The van der Waals surface area contributed by atoms with Gasteiger partial charge in [0.25, 0.3) is 0 Å². The van der Waals surface area contributed by atoms with Crippen molar-refractivity contribution in [2.75, 3.05) is 13.6 Å². The SMILES string of the molecule is CCc1nncn1CCNC(=NC)NCc1ccc(S(=O)(=O)NC2CC2)cc1. The van der Waals surface area contributed by atoms with Gasteiger partial charge in [0.2, 0.25) is 10.0 Å². The van der Waals surface area contributed by atoms with Crippen LogP contribution in [0.3, 0.4) is 0 Å². The Hall–Kier alpha value is -2.46. The van der Waals surface area contributed by atoms with Gasteiger partial charge >= 0.3 is 0 Å². The first-order chi connectivity index (χ1) is 13.5. The maximum absolute atomic E-state index is 12.2. The first-order valence-electron chi connectivity index (χ1n) is 9.44. The molecule has 0 amide bonds. The summed E-state index contributed by atoms with van der Waals surface area (Å²) in [4.78, 5) is 4.51. The van der Waals surface area contributed by atoms with Gasteiger partial charge < -0.3 is 15.2 Å². The molecule has 3 N–H and O–H groups in total. The maximum Gasteiger partial charge on any atom is 0.240 e. The zero-order valence-electron chi connectivity index (χ0n) is 16.2. The summed E-state index contributed by atoms with van der Waals surface area (Å²) in [6, 6.07) is 7.00. The van der Waals surface area contributed by atoms with Crippen molar-refractivity contribution >= 4 is 16.0 Å². The fourth-order valence-corrected chi connectivity index (χ4v) is 4.02. The number of rotatable bonds is 9. The fourth-order valence-electron chi connectivity index (χ4n) is 2.72. The number of aryl methyl sites for hydroxylation is 1. The molecule has 1 fully saturated rings. The van der Waals surface area contributed by atoms with Crippen LogP contribution >= 0.6 is 0 Å². The van der Waals surface area contributed by atoms with Gasteiger partial charge in [-0.3, -0.25) is 4.99 Å². The van der Waals surface area contributed by atoms with Crippen molar-refractivity contribution < 1.29 is 8.42 Å². The summed E-state index contributed by atoms with van der Waals surface area (Å²) < 4.78 is 29.1.